The highest BCUT2D eigenvalue weighted by atomic mass is 16.5. The minimum atomic E-state index is -0.172. The molecule has 0 spiro atoms. The van der Waals surface area contributed by atoms with E-state index in [1.165, 1.54) is 5.56 Å². The number of hydrogen-bond donors (Lipinski definition) is 1. The van der Waals surface area contributed by atoms with Crippen LogP contribution in [0, 0.1) is 6.92 Å². The summed E-state index contributed by atoms with van der Waals surface area (Å²) in [5, 5.41) is 3.01. The van der Waals surface area contributed by atoms with E-state index in [0.717, 1.165) is 17.8 Å². The molecule has 150 valence electrons. The third-order valence-corrected chi connectivity index (χ3v) is 5.34. The van der Waals surface area contributed by atoms with Gasteiger partial charge in [0.05, 0.1) is 25.9 Å². The summed E-state index contributed by atoms with van der Waals surface area (Å²) >= 11 is 0. The maximum Gasteiger partial charge on any atom is 0.322 e. The molecule has 0 fully saturated rings. The summed E-state index contributed by atoms with van der Waals surface area (Å²) in [6.45, 7) is 3.43. The van der Waals surface area contributed by atoms with Crippen LogP contribution in [0.1, 0.15) is 22.9 Å². The number of amides is 2. The second-order valence-corrected chi connectivity index (χ2v) is 7.10. The molecular weight excluding hydrogens is 366 g/mol. The Morgan fingerprint density at radius 1 is 1.00 bits per heavy atom. The SMILES string of the molecule is COc1cccc(NC(=O)N2CCn3cccc3[C@@H]2c2ccc(C)cc2)c1OC. The highest BCUT2D eigenvalue weighted by Gasteiger charge is 2.32. The topological polar surface area (TPSA) is 55.7 Å². The fraction of sp³-hybridized carbons (Fsp3) is 0.261. The second kappa shape index (κ2) is 7.91. The molecule has 2 aromatic carbocycles. The monoisotopic (exact) mass is 391 g/mol. The summed E-state index contributed by atoms with van der Waals surface area (Å²) in [5.74, 6) is 1.09. The van der Waals surface area contributed by atoms with Crippen molar-refractivity contribution in [3.8, 4) is 11.5 Å². The number of nitrogens with zero attached hydrogens (tertiary/aromatic N) is 2. The Morgan fingerprint density at radius 2 is 1.79 bits per heavy atom. The molecular formula is C23H25N3O3. The van der Waals surface area contributed by atoms with E-state index >= 15 is 0 Å². The predicted octanol–water partition coefficient (Wildman–Crippen LogP) is 4.45. The lowest BCUT2D eigenvalue weighted by Gasteiger charge is -2.37. The maximum atomic E-state index is 13.3. The van der Waals surface area contributed by atoms with Gasteiger partial charge in [0, 0.05) is 25.0 Å². The Kier molecular flexibility index (Phi) is 5.16. The molecule has 0 saturated carbocycles. The van der Waals surface area contributed by atoms with E-state index in [4.69, 9.17) is 9.47 Å². The highest BCUT2D eigenvalue weighted by Crippen LogP contribution is 2.37. The van der Waals surface area contributed by atoms with Crippen molar-refractivity contribution in [2.24, 2.45) is 0 Å². The number of para-hydroxylation sites is 1. The summed E-state index contributed by atoms with van der Waals surface area (Å²) in [5.41, 5.74) is 3.97. The van der Waals surface area contributed by atoms with Crippen molar-refractivity contribution < 1.29 is 14.3 Å². The Bertz CT molecular complexity index is 1010. The Hall–Kier alpha value is -3.41. The number of ether oxygens (including phenoxy) is 2. The molecule has 6 heteroatoms. The van der Waals surface area contributed by atoms with Crippen LogP contribution < -0.4 is 14.8 Å². The lowest BCUT2D eigenvalue weighted by Crippen LogP contribution is -2.44. The number of benzene rings is 2. The molecule has 3 aromatic rings. The molecule has 0 unspecified atom stereocenters. The van der Waals surface area contributed by atoms with E-state index in [2.05, 4.69) is 53.3 Å². The van der Waals surface area contributed by atoms with Gasteiger partial charge in [-0.1, -0.05) is 35.9 Å². The fourth-order valence-corrected chi connectivity index (χ4v) is 3.87. The fourth-order valence-electron chi connectivity index (χ4n) is 3.87. The summed E-state index contributed by atoms with van der Waals surface area (Å²) < 4.78 is 13.0. The van der Waals surface area contributed by atoms with Crippen LogP contribution in [0.3, 0.4) is 0 Å². The van der Waals surface area contributed by atoms with Gasteiger partial charge in [0.25, 0.3) is 0 Å². The highest BCUT2D eigenvalue weighted by molar-refractivity contribution is 5.92. The van der Waals surface area contributed by atoms with Crippen molar-refractivity contribution in [3.05, 3.63) is 77.6 Å². The zero-order chi connectivity index (χ0) is 20.4. The van der Waals surface area contributed by atoms with Crippen LogP contribution in [0.4, 0.5) is 10.5 Å². The summed E-state index contributed by atoms with van der Waals surface area (Å²) in [6.07, 6.45) is 2.07. The quantitative estimate of drug-likeness (QED) is 0.715. The van der Waals surface area contributed by atoms with Crippen molar-refractivity contribution in [2.75, 3.05) is 26.1 Å². The average molecular weight is 391 g/mol. The van der Waals surface area contributed by atoms with Gasteiger partial charge in [-0.25, -0.2) is 4.79 Å². The molecule has 1 atom stereocenters. The number of urea groups is 1. The van der Waals surface area contributed by atoms with Gasteiger partial charge in [-0.2, -0.15) is 0 Å². The first kappa shape index (κ1) is 18.9. The van der Waals surface area contributed by atoms with E-state index in [1.807, 2.05) is 23.1 Å². The Balaban J connectivity index is 1.68. The standard InChI is InChI=1S/C23H25N3O3/c1-16-9-11-17(12-10-16)21-19-7-5-13-25(19)14-15-26(21)23(27)24-18-6-4-8-20(28-2)22(18)29-3/h4-13,21H,14-15H2,1-3H3,(H,24,27)/t21-/m0/s1. The van der Waals surface area contributed by atoms with Gasteiger partial charge in [0.1, 0.15) is 0 Å². The molecule has 0 radical (unpaired) electrons. The number of rotatable bonds is 4. The van der Waals surface area contributed by atoms with Gasteiger partial charge in [-0.3, -0.25) is 0 Å². The molecule has 1 aliphatic rings. The largest absolute Gasteiger partial charge is 0.493 e. The Labute approximate surface area is 170 Å². The van der Waals surface area contributed by atoms with E-state index in [-0.39, 0.29) is 12.1 Å². The predicted molar refractivity (Wildman–Crippen MR) is 113 cm³/mol. The average Bonchev–Trinajstić information content (AvgIpc) is 3.22. The number of aromatic nitrogens is 1. The second-order valence-electron chi connectivity index (χ2n) is 7.10. The van der Waals surface area contributed by atoms with Crippen LogP contribution in [-0.2, 0) is 6.54 Å². The van der Waals surface area contributed by atoms with Gasteiger partial charge in [0.15, 0.2) is 11.5 Å². The molecule has 0 bridgehead atoms. The Morgan fingerprint density at radius 3 is 2.52 bits per heavy atom. The maximum absolute atomic E-state index is 13.3. The lowest BCUT2D eigenvalue weighted by atomic mass is 9.99. The van der Waals surface area contributed by atoms with Gasteiger partial charge < -0.3 is 24.3 Å². The molecule has 6 nitrogen and oxygen atoms in total. The number of methoxy groups -OCH3 is 2. The number of anilines is 1. The zero-order valence-electron chi connectivity index (χ0n) is 16.9. The number of aryl methyl sites for hydroxylation is 1. The van der Waals surface area contributed by atoms with Crippen LogP contribution in [0.2, 0.25) is 0 Å². The molecule has 1 aromatic heterocycles. The molecule has 0 saturated heterocycles. The molecule has 2 amide bonds. The molecule has 0 aliphatic carbocycles. The van der Waals surface area contributed by atoms with Gasteiger partial charge >= 0.3 is 6.03 Å². The van der Waals surface area contributed by atoms with Crippen molar-refractivity contribution in [3.63, 3.8) is 0 Å². The van der Waals surface area contributed by atoms with Crippen molar-refractivity contribution in [1.82, 2.24) is 9.47 Å². The third-order valence-electron chi connectivity index (χ3n) is 5.34. The molecule has 29 heavy (non-hydrogen) atoms. The van der Waals surface area contributed by atoms with Gasteiger partial charge in [-0.15, -0.1) is 0 Å². The minimum Gasteiger partial charge on any atom is -0.493 e. The third kappa shape index (κ3) is 3.53. The van der Waals surface area contributed by atoms with Crippen molar-refractivity contribution in [2.45, 2.75) is 19.5 Å². The molecule has 4 rings (SSSR count). The summed E-state index contributed by atoms with van der Waals surface area (Å²) in [4.78, 5) is 15.2. The normalized spacial score (nSPS) is 15.6. The van der Waals surface area contributed by atoms with Crippen molar-refractivity contribution >= 4 is 11.7 Å². The van der Waals surface area contributed by atoms with E-state index in [9.17, 15) is 4.79 Å². The van der Waals surface area contributed by atoms with Crippen LogP contribution in [0.15, 0.2) is 60.8 Å². The summed E-state index contributed by atoms with van der Waals surface area (Å²) in [6, 6.07) is 17.6. The van der Waals surface area contributed by atoms with Crippen LogP contribution in [0.5, 0.6) is 11.5 Å². The minimum absolute atomic E-state index is 0.157. The summed E-state index contributed by atoms with van der Waals surface area (Å²) in [7, 11) is 3.14. The molecule has 1 N–H and O–H groups in total. The number of hydrogen-bond acceptors (Lipinski definition) is 3. The number of fused-ring (bicyclic) bond motifs is 1. The first-order valence-corrected chi connectivity index (χ1v) is 9.62. The van der Waals surface area contributed by atoms with E-state index in [0.29, 0.717) is 23.7 Å². The van der Waals surface area contributed by atoms with Crippen molar-refractivity contribution in [1.29, 1.82) is 0 Å². The van der Waals surface area contributed by atoms with Gasteiger partial charge in [-0.05, 0) is 36.8 Å². The first-order chi connectivity index (χ1) is 14.1. The van der Waals surface area contributed by atoms with Gasteiger partial charge in [0.2, 0.25) is 0 Å². The van der Waals surface area contributed by atoms with E-state index < -0.39 is 0 Å². The molecule has 1 aliphatic heterocycles. The first-order valence-electron chi connectivity index (χ1n) is 9.62. The van der Waals surface area contributed by atoms with Crippen LogP contribution in [-0.4, -0.2) is 36.3 Å². The van der Waals surface area contributed by atoms with Crippen LogP contribution in [0.25, 0.3) is 0 Å². The molecule has 2 heterocycles. The van der Waals surface area contributed by atoms with E-state index in [1.54, 1.807) is 20.3 Å². The number of nitrogens with one attached hydrogen (secondary N) is 1. The lowest BCUT2D eigenvalue weighted by molar-refractivity contribution is 0.181. The zero-order valence-corrected chi connectivity index (χ0v) is 16.9. The number of carbonyl (C=O) groups excluding carboxylic acids is 1. The smallest absolute Gasteiger partial charge is 0.322 e. The number of carbonyl (C=O) groups is 1. The van der Waals surface area contributed by atoms with Crippen LogP contribution >= 0.6 is 0 Å².